The maximum Gasteiger partial charge on any atom is 0.573 e. The maximum atomic E-state index is 13.2. The second kappa shape index (κ2) is 9.16. The zero-order valence-corrected chi connectivity index (χ0v) is 17.7. The van der Waals surface area contributed by atoms with Crippen LogP contribution < -0.4 is 10.2 Å². The molecule has 0 fully saturated rings. The number of alkyl halides is 5. The van der Waals surface area contributed by atoms with Crippen molar-refractivity contribution in [3.63, 3.8) is 0 Å². The fraction of sp³-hybridized carbons (Fsp3) is 0.182. The number of nitrogens with zero attached hydrogens (tertiary/aromatic N) is 3. The molecule has 35 heavy (non-hydrogen) atoms. The van der Waals surface area contributed by atoms with Crippen LogP contribution in [0.3, 0.4) is 0 Å². The van der Waals surface area contributed by atoms with Crippen LogP contribution in [0, 0.1) is 0 Å². The van der Waals surface area contributed by atoms with Crippen LogP contribution in [0.4, 0.5) is 22.0 Å². The predicted octanol–water partition coefficient (Wildman–Crippen LogP) is 5.05. The number of esters is 1. The molecule has 2 aromatic heterocycles. The van der Waals surface area contributed by atoms with Crippen LogP contribution in [0.5, 0.6) is 5.75 Å². The zero-order valence-electron chi connectivity index (χ0n) is 17.7. The molecule has 0 aliphatic heterocycles. The lowest BCUT2D eigenvalue weighted by Gasteiger charge is -2.14. The fourth-order valence-electron chi connectivity index (χ4n) is 3.32. The molecule has 0 N–H and O–H groups in total. The number of hydrogen-bond acceptors (Lipinski definition) is 7. The summed E-state index contributed by atoms with van der Waals surface area (Å²) >= 11 is 0. The van der Waals surface area contributed by atoms with Gasteiger partial charge in [0.25, 0.3) is 6.43 Å². The molecule has 0 bridgehead atoms. The maximum absolute atomic E-state index is 13.2. The largest absolute Gasteiger partial charge is 0.573 e. The number of halogens is 5. The minimum atomic E-state index is -4.90. The summed E-state index contributed by atoms with van der Waals surface area (Å²) in [5.74, 6) is -2.27. The van der Waals surface area contributed by atoms with Gasteiger partial charge in [0.1, 0.15) is 11.4 Å². The SMILES string of the molecule is CCOC(=O)c1nn(-c2ccc(OC(F)(F)F)cc2)c2cccc(-c3cc(C(F)F)on3)c2c1=O. The van der Waals surface area contributed by atoms with E-state index < -0.39 is 41.4 Å². The highest BCUT2D eigenvalue weighted by Gasteiger charge is 2.31. The molecule has 182 valence electrons. The Kier molecular flexibility index (Phi) is 6.24. The van der Waals surface area contributed by atoms with Gasteiger partial charge in [0.15, 0.2) is 0 Å². The van der Waals surface area contributed by atoms with Crippen LogP contribution in [0.15, 0.2) is 57.8 Å². The van der Waals surface area contributed by atoms with Crippen LogP contribution in [0.1, 0.15) is 29.6 Å². The van der Waals surface area contributed by atoms with E-state index in [-0.39, 0.29) is 34.5 Å². The first-order valence-electron chi connectivity index (χ1n) is 9.93. The number of ether oxygens (including phenoxy) is 2. The van der Waals surface area contributed by atoms with Crippen molar-refractivity contribution in [3.05, 3.63) is 70.2 Å². The van der Waals surface area contributed by atoms with Gasteiger partial charge in [-0.25, -0.2) is 18.3 Å². The van der Waals surface area contributed by atoms with Gasteiger partial charge in [-0.3, -0.25) is 4.79 Å². The van der Waals surface area contributed by atoms with Crippen molar-refractivity contribution in [1.82, 2.24) is 14.9 Å². The number of rotatable bonds is 6. The number of hydrogen-bond donors (Lipinski definition) is 0. The van der Waals surface area contributed by atoms with Crippen molar-refractivity contribution >= 4 is 16.9 Å². The van der Waals surface area contributed by atoms with Crippen LogP contribution >= 0.6 is 0 Å². The first-order chi connectivity index (χ1) is 16.6. The van der Waals surface area contributed by atoms with Gasteiger partial charge < -0.3 is 14.0 Å². The molecule has 0 spiro atoms. The van der Waals surface area contributed by atoms with Crippen molar-refractivity contribution in [2.24, 2.45) is 0 Å². The van der Waals surface area contributed by atoms with Crippen LogP contribution in [0.25, 0.3) is 27.8 Å². The molecule has 0 radical (unpaired) electrons. The average molecular weight is 495 g/mol. The molecule has 0 amide bonds. The monoisotopic (exact) mass is 495 g/mol. The predicted molar refractivity (Wildman–Crippen MR) is 110 cm³/mol. The molecule has 0 aliphatic carbocycles. The highest BCUT2D eigenvalue weighted by Crippen LogP contribution is 2.31. The smallest absolute Gasteiger partial charge is 0.461 e. The molecule has 0 atom stereocenters. The fourth-order valence-corrected chi connectivity index (χ4v) is 3.32. The molecule has 0 unspecified atom stereocenters. The molecule has 2 aromatic carbocycles. The van der Waals surface area contributed by atoms with E-state index in [1.807, 2.05) is 0 Å². The highest BCUT2D eigenvalue weighted by atomic mass is 19.4. The highest BCUT2D eigenvalue weighted by molar-refractivity contribution is 5.98. The summed E-state index contributed by atoms with van der Waals surface area (Å²) in [6.07, 6.45) is -7.85. The Labute approximate surface area is 192 Å². The Morgan fingerprint density at radius 3 is 2.46 bits per heavy atom. The molecule has 8 nitrogen and oxygen atoms in total. The van der Waals surface area contributed by atoms with E-state index in [4.69, 9.17) is 4.74 Å². The molecule has 2 heterocycles. The van der Waals surface area contributed by atoms with Gasteiger partial charge in [-0.2, -0.15) is 5.10 Å². The molecule has 0 saturated heterocycles. The van der Waals surface area contributed by atoms with Gasteiger partial charge in [-0.15, -0.1) is 13.2 Å². The molecular formula is C22H14F5N3O5. The minimum Gasteiger partial charge on any atom is -0.461 e. The topological polar surface area (TPSA) is 96.4 Å². The summed E-state index contributed by atoms with van der Waals surface area (Å²) in [6.45, 7) is 1.45. The first-order valence-corrected chi connectivity index (χ1v) is 9.93. The van der Waals surface area contributed by atoms with Crippen molar-refractivity contribution in [1.29, 1.82) is 0 Å². The lowest BCUT2D eigenvalue weighted by atomic mass is 10.0. The summed E-state index contributed by atoms with van der Waals surface area (Å²) in [6, 6.07) is 9.81. The van der Waals surface area contributed by atoms with E-state index in [0.29, 0.717) is 0 Å². The lowest BCUT2D eigenvalue weighted by Crippen LogP contribution is -2.24. The van der Waals surface area contributed by atoms with E-state index in [2.05, 4.69) is 19.5 Å². The third-order valence-electron chi connectivity index (χ3n) is 4.72. The van der Waals surface area contributed by atoms with Crippen molar-refractivity contribution in [2.45, 2.75) is 19.7 Å². The Hall–Kier alpha value is -4.29. The molecule has 0 aliphatic rings. The molecular weight excluding hydrogens is 481 g/mol. The Morgan fingerprint density at radius 1 is 1.14 bits per heavy atom. The molecule has 4 rings (SSSR count). The summed E-state index contributed by atoms with van der Waals surface area (Å²) in [5.41, 5.74) is -1.22. The summed E-state index contributed by atoms with van der Waals surface area (Å²) in [4.78, 5) is 25.7. The zero-order chi connectivity index (χ0) is 25.3. The van der Waals surface area contributed by atoms with E-state index >= 15 is 0 Å². The molecule has 4 aromatic rings. The normalized spacial score (nSPS) is 11.7. The third-order valence-corrected chi connectivity index (χ3v) is 4.72. The van der Waals surface area contributed by atoms with E-state index in [1.54, 1.807) is 0 Å². The van der Waals surface area contributed by atoms with Gasteiger partial charge >= 0.3 is 12.3 Å². The number of carbonyl (C=O) groups is 1. The molecule has 13 heteroatoms. The van der Waals surface area contributed by atoms with Crippen molar-refractivity contribution < 1.29 is 40.7 Å². The van der Waals surface area contributed by atoms with E-state index in [1.165, 1.54) is 37.3 Å². The second-order valence-electron chi connectivity index (χ2n) is 6.97. The Bertz CT molecular complexity index is 1440. The number of fused-ring (bicyclic) bond motifs is 1. The van der Waals surface area contributed by atoms with Crippen molar-refractivity contribution in [3.8, 4) is 22.7 Å². The van der Waals surface area contributed by atoms with Crippen LogP contribution in [0.2, 0.25) is 0 Å². The lowest BCUT2D eigenvalue weighted by molar-refractivity contribution is -0.274. The summed E-state index contributed by atoms with van der Waals surface area (Å²) in [5, 5.41) is 7.54. The Morgan fingerprint density at radius 2 is 1.86 bits per heavy atom. The average Bonchev–Trinajstić information content (AvgIpc) is 3.29. The van der Waals surface area contributed by atoms with Gasteiger partial charge in [0.2, 0.25) is 16.9 Å². The second-order valence-corrected chi connectivity index (χ2v) is 6.97. The standard InChI is InChI=1S/C22H14F5N3O5/c1-2-33-21(32)18-19(31)17-13(14-10-16(20(23)24)35-29-14)4-3-5-15(17)30(28-18)11-6-8-12(9-7-11)34-22(25,26)27/h3-10,20H,2H2,1H3. The first kappa shape index (κ1) is 23.9. The van der Waals surface area contributed by atoms with Gasteiger partial charge in [-0.05, 0) is 37.3 Å². The Balaban J connectivity index is 1.96. The van der Waals surface area contributed by atoms with E-state index in [9.17, 15) is 31.5 Å². The van der Waals surface area contributed by atoms with Crippen LogP contribution in [-0.2, 0) is 4.74 Å². The minimum absolute atomic E-state index is 0.0653. The van der Waals surface area contributed by atoms with Gasteiger partial charge in [-0.1, -0.05) is 17.3 Å². The summed E-state index contributed by atoms with van der Waals surface area (Å²) in [7, 11) is 0. The number of benzene rings is 2. The van der Waals surface area contributed by atoms with Crippen molar-refractivity contribution in [2.75, 3.05) is 6.61 Å². The number of aromatic nitrogens is 3. The van der Waals surface area contributed by atoms with E-state index in [0.717, 1.165) is 22.9 Å². The molecule has 0 saturated carbocycles. The quantitative estimate of drug-likeness (QED) is 0.273. The van der Waals surface area contributed by atoms with Gasteiger partial charge in [0, 0.05) is 11.6 Å². The van der Waals surface area contributed by atoms with Gasteiger partial charge in [0.05, 0.1) is 23.2 Å². The third kappa shape index (κ3) is 4.83. The number of carbonyl (C=O) groups excluding carboxylic acids is 1. The summed E-state index contributed by atoms with van der Waals surface area (Å²) < 4.78 is 78.1. The van der Waals surface area contributed by atoms with Crippen LogP contribution in [-0.4, -0.2) is 33.9 Å².